The number of anilines is 2. The zero-order valence-electron chi connectivity index (χ0n) is 9.01. The molecule has 1 aromatic heterocycles. The van der Waals surface area contributed by atoms with Crippen molar-refractivity contribution in [1.29, 1.82) is 0 Å². The summed E-state index contributed by atoms with van der Waals surface area (Å²) in [5.41, 5.74) is 0.639. The average molecular weight is 252 g/mol. The number of aromatic hydroxyl groups is 1. The molecule has 2 rings (SSSR count). The van der Waals surface area contributed by atoms with E-state index >= 15 is 0 Å². The highest BCUT2D eigenvalue weighted by atomic mass is 35.5. The number of hydrogen-bond acceptors (Lipinski definition) is 5. The Kier molecular flexibility index (Phi) is 3.30. The summed E-state index contributed by atoms with van der Waals surface area (Å²) in [5.74, 6) is 0.839. The molecule has 5 nitrogen and oxygen atoms in total. The molecule has 0 aliphatic carbocycles. The minimum Gasteiger partial charge on any atom is -0.506 e. The van der Waals surface area contributed by atoms with Crippen molar-refractivity contribution < 1.29 is 9.84 Å². The second kappa shape index (κ2) is 4.88. The fraction of sp³-hybridized carbons (Fsp3) is 0.0909. The first-order chi connectivity index (χ1) is 8.19. The van der Waals surface area contributed by atoms with Gasteiger partial charge in [-0.1, -0.05) is 11.6 Å². The summed E-state index contributed by atoms with van der Waals surface area (Å²) < 4.78 is 4.97. The van der Waals surface area contributed by atoms with Crippen molar-refractivity contribution in [3.8, 4) is 11.6 Å². The lowest BCUT2D eigenvalue weighted by Crippen LogP contribution is -1.98. The summed E-state index contributed by atoms with van der Waals surface area (Å²) >= 11 is 5.70. The molecule has 0 unspecified atom stereocenters. The average Bonchev–Trinajstić information content (AvgIpc) is 2.34. The lowest BCUT2D eigenvalue weighted by molar-refractivity contribution is 0.397. The van der Waals surface area contributed by atoms with E-state index in [-0.39, 0.29) is 5.75 Å². The van der Waals surface area contributed by atoms with Gasteiger partial charge in [0.1, 0.15) is 5.75 Å². The first-order valence-corrected chi connectivity index (χ1v) is 5.19. The molecule has 1 aromatic carbocycles. The first-order valence-electron chi connectivity index (χ1n) is 4.81. The summed E-state index contributed by atoms with van der Waals surface area (Å²) in [6.07, 6.45) is 1.57. The molecule has 1 heterocycles. The maximum atomic E-state index is 9.44. The molecule has 88 valence electrons. The third-order valence-corrected chi connectivity index (χ3v) is 2.36. The first kappa shape index (κ1) is 11.5. The van der Waals surface area contributed by atoms with Crippen molar-refractivity contribution in [2.45, 2.75) is 0 Å². The van der Waals surface area contributed by atoms with Gasteiger partial charge in [0, 0.05) is 24.0 Å². The van der Waals surface area contributed by atoms with E-state index in [4.69, 9.17) is 16.3 Å². The molecule has 0 aliphatic rings. The number of benzene rings is 1. The second-order valence-corrected chi connectivity index (χ2v) is 3.62. The Morgan fingerprint density at radius 3 is 2.88 bits per heavy atom. The molecule has 0 saturated heterocycles. The zero-order valence-corrected chi connectivity index (χ0v) is 9.77. The van der Waals surface area contributed by atoms with Crippen LogP contribution in [0.15, 0.2) is 30.5 Å². The Bertz CT molecular complexity index is 534. The summed E-state index contributed by atoms with van der Waals surface area (Å²) in [4.78, 5) is 8.10. The van der Waals surface area contributed by atoms with E-state index in [2.05, 4.69) is 15.3 Å². The smallest absolute Gasteiger partial charge is 0.230 e. The molecule has 0 amide bonds. The molecule has 0 spiro atoms. The van der Waals surface area contributed by atoms with Gasteiger partial charge in [0.05, 0.1) is 12.1 Å². The van der Waals surface area contributed by atoms with Crippen LogP contribution >= 0.6 is 11.6 Å². The van der Waals surface area contributed by atoms with Gasteiger partial charge in [-0.2, -0.15) is 4.98 Å². The number of rotatable bonds is 3. The number of aromatic nitrogens is 2. The predicted octanol–water partition coefficient (Wildman–Crippen LogP) is 2.59. The van der Waals surface area contributed by atoms with Crippen molar-refractivity contribution in [3.05, 3.63) is 35.5 Å². The molecule has 17 heavy (non-hydrogen) atoms. The molecular formula is C11H10ClN3O2. The molecule has 0 radical (unpaired) electrons. The summed E-state index contributed by atoms with van der Waals surface area (Å²) in [6.45, 7) is 0. The van der Waals surface area contributed by atoms with Gasteiger partial charge in [-0.3, -0.25) is 0 Å². The lowest BCUT2D eigenvalue weighted by atomic mass is 10.3. The Morgan fingerprint density at radius 1 is 1.35 bits per heavy atom. The maximum absolute atomic E-state index is 9.44. The number of phenolic OH excluding ortho intramolecular Hbond substituents is 1. The lowest BCUT2D eigenvalue weighted by Gasteiger charge is -2.06. The number of hydrogen-bond donors (Lipinski definition) is 2. The van der Waals surface area contributed by atoms with Gasteiger partial charge in [-0.25, -0.2) is 4.98 Å². The molecule has 6 heteroatoms. The Morgan fingerprint density at radius 2 is 2.18 bits per heavy atom. The molecule has 0 aliphatic heterocycles. The van der Waals surface area contributed by atoms with Crippen LogP contribution in [-0.2, 0) is 0 Å². The van der Waals surface area contributed by atoms with Crippen LogP contribution in [0, 0.1) is 0 Å². The Hall–Kier alpha value is -2.01. The van der Waals surface area contributed by atoms with Crippen molar-refractivity contribution in [2.24, 2.45) is 0 Å². The van der Waals surface area contributed by atoms with Gasteiger partial charge < -0.3 is 15.2 Å². The standard InChI is InChI=1S/C11H10ClN3O2/c1-17-10-4-5-13-11(15-10)14-7-2-3-8(12)9(16)6-7/h2-6,16H,1H3,(H,13,14,15). The van der Waals surface area contributed by atoms with E-state index in [9.17, 15) is 5.11 Å². The predicted molar refractivity (Wildman–Crippen MR) is 65.0 cm³/mol. The monoisotopic (exact) mass is 251 g/mol. The van der Waals surface area contributed by atoms with Crippen LogP contribution in [0.1, 0.15) is 0 Å². The van der Waals surface area contributed by atoms with Crippen LogP contribution < -0.4 is 10.1 Å². The highest BCUT2D eigenvalue weighted by Gasteiger charge is 2.03. The van der Waals surface area contributed by atoms with E-state index in [0.717, 1.165) is 0 Å². The summed E-state index contributed by atoms with van der Waals surface area (Å²) in [6, 6.07) is 6.43. The highest BCUT2D eigenvalue weighted by Crippen LogP contribution is 2.27. The van der Waals surface area contributed by atoms with Crippen molar-refractivity contribution in [2.75, 3.05) is 12.4 Å². The van der Waals surface area contributed by atoms with Gasteiger partial charge in [-0.05, 0) is 12.1 Å². The SMILES string of the molecule is COc1ccnc(Nc2ccc(Cl)c(O)c2)n1. The maximum Gasteiger partial charge on any atom is 0.230 e. The van der Waals surface area contributed by atoms with Crippen molar-refractivity contribution >= 4 is 23.2 Å². The van der Waals surface area contributed by atoms with E-state index in [0.29, 0.717) is 22.5 Å². The van der Waals surface area contributed by atoms with Gasteiger partial charge in [0.25, 0.3) is 0 Å². The molecule has 0 bridgehead atoms. The molecule has 0 fully saturated rings. The number of methoxy groups -OCH3 is 1. The number of nitrogens with one attached hydrogen (secondary N) is 1. The fourth-order valence-electron chi connectivity index (χ4n) is 1.24. The topological polar surface area (TPSA) is 67.3 Å². The van der Waals surface area contributed by atoms with Crippen LogP contribution in [-0.4, -0.2) is 22.2 Å². The van der Waals surface area contributed by atoms with Crippen LogP contribution in [0.5, 0.6) is 11.6 Å². The van der Waals surface area contributed by atoms with E-state index in [1.54, 1.807) is 24.4 Å². The molecule has 0 atom stereocenters. The number of halogens is 1. The van der Waals surface area contributed by atoms with Crippen LogP contribution in [0.2, 0.25) is 5.02 Å². The van der Waals surface area contributed by atoms with Gasteiger partial charge in [-0.15, -0.1) is 0 Å². The van der Waals surface area contributed by atoms with Gasteiger partial charge in [0.2, 0.25) is 11.8 Å². The number of ether oxygens (including phenoxy) is 1. The third-order valence-electron chi connectivity index (χ3n) is 2.04. The van der Waals surface area contributed by atoms with Crippen LogP contribution in [0.3, 0.4) is 0 Å². The minimum atomic E-state index is -0.000405. The molecule has 2 aromatic rings. The number of phenols is 1. The van der Waals surface area contributed by atoms with Gasteiger partial charge in [0.15, 0.2) is 0 Å². The molecular weight excluding hydrogens is 242 g/mol. The minimum absolute atomic E-state index is 0.000405. The quantitative estimate of drug-likeness (QED) is 0.878. The molecule has 2 N–H and O–H groups in total. The Balaban J connectivity index is 2.22. The van der Waals surface area contributed by atoms with Crippen molar-refractivity contribution in [1.82, 2.24) is 9.97 Å². The van der Waals surface area contributed by atoms with E-state index < -0.39 is 0 Å². The van der Waals surface area contributed by atoms with E-state index in [1.807, 2.05) is 0 Å². The largest absolute Gasteiger partial charge is 0.506 e. The fourth-order valence-corrected chi connectivity index (χ4v) is 1.35. The zero-order chi connectivity index (χ0) is 12.3. The van der Waals surface area contributed by atoms with Crippen LogP contribution in [0.4, 0.5) is 11.6 Å². The normalized spacial score (nSPS) is 10.0. The van der Waals surface area contributed by atoms with Crippen LogP contribution in [0.25, 0.3) is 0 Å². The van der Waals surface area contributed by atoms with Gasteiger partial charge >= 0.3 is 0 Å². The van der Waals surface area contributed by atoms with Crippen molar-refractivity contribution in [3.63, 3.8) is 0 Å². The second-order valence-electron chi connectivity index (χ2n) is 3.21. The molecule has 0 saturated carbocycles. The Labute approximate surface area is 103 Å². The third kappa shape index (κ3) is 2.76. The summed E-state index contributed by atoms with van der Waals surface area (Å²) in [5, 5.41) is 12.7. The van der Waals surface area contributed by atoms with E-state index in [1.165, 1.54) is 13.2 Å². The number of nitrogens with zero attached hydrogens (tertiary/aromatic N) is 2. The summed E-state index contributed by atoms with van der Waals surface area (Å²) in [7, 11) is 1.53. The highest BCUT2D eigenvalue weighted by molar-refractivity contribution is 6.32.